The number of nitrogens with one attached hydrogen (secondary N) is 1. The van der Waals surface area contributed by atoms with Crippen molar-refractivity contribution in [3.8, 4) is 0 Å². The minimum absolute atomic E-state index is 0. The highest BCUT2D eigenvalue weighted by Crippen LogP contribution is 2.43. The van der Waals surface area contributed by atoms with Gasteiger partial charge in [-0.05, 0) is 36.3 Å². The molecule has 1 saturated heterocycles. The van der Waals surface area contributed by atoms with Crippen LogP contribution in [0.25, 0.3) is 10.9 Å². The lowest BCUT2D eigenvalue weighted by atomic mass is 9.82. The molecule has 3 heterocycles. The number of carbonyl (C=O) groups excluding carboxylic acids is 1. The summed E-state index contributed by atoms with van der Waals surface area (Å²) in [5.41, 5.74) is 9.46. The molecule has 1 aromatic carbocycles. The second-order valence-corrected chi connectivity index (χ2v) is 8.79. The number of ether oxygens (including phenoxy) is 1. The molecule has 5 nitrogen and oxygen atoms in total. The first-order chi connectivity index (χ1) is 12.3. The lowest BCUT2D eigenvalue weighted by molar-refractivity contribution is -0.144. The van der Waals surface area contributed by atoms with Crippen molar-refractivity contribution < 1.29 is 9.53 Å². The van der Waals surface area contributed by atoms with E-state index in [2.05, 4.69) is 29.2 Å². The molecule has 0 saturated carbocycles. The minimum atomic E-state index is -0.465. The van der Waals surface area contributed by atoms with Crippen LogP contribution < -0.4 is 5.73 Å². The molecule has 148 valence electrons. The number of aromatic amines is 1. The smallest absolute Gasteiger partial charge is 0.240 e. The molecule has 0 aliphatic carbocycles. The Hall–Kier alpha value is -1.56. The van der Waals surface area contributed by atoms with Gasteiger partial charge in [0.2, 0.25) is 5.91 Å². The standard InChI is InChI=1S/C21H29N3O2.ClH/c1-20(2,3)17(22)19(25)24-11-9-21(10-12-24)18-15(8-13-26-21)14-6-4-5-7-16(14)23-18;/h4-7,17,23H,8-13,22H2,1-3H3;1H/t17-;/m1./s1. The van der Waals surface area contributed by atoms with Gasteiger partial charge < -0.3 is 20.4 Å². The van der Waals surface area contributed by atoms with Gasteiger partial charge in [0.05, 0.1) is 18.3 Å². The summed E-state index contributed by atoms with van der Waals surface area (Å²) in [4.78, 5) is 18.3. The zero-order valence-corrected chi connectivity index (χ0v) is 17.2. The van der Waals surface area contributed by atoms with Gasteiger partial charge in [0, 0.05) is 24.0 Å². The second-order valence-electron chi connectivity index (χ2n) is 8.79. The number of nitrogens with zero attached hydrogens (tertiary/aromatic N) is 1. The van der Waals surface area contributed by atoms with Gasteiger partial charge in [-0.1, -0.05) is 39.0 Å². The number of nitrogens with two attached hydrogens (primary N) is 1. The molecule has 2 aliphatic rings. The molecular formula is C21H30ClN3O2. The summed E-state index contributed by atoms with van der Waals surface area (Å²) in [6.07, 6.45) is 2.57. The van der Waals surface area contributed by atoms with E-state index in [1.54, 1.807) is 0 Å². The number of likely N-dealkylation sites (tertiary alicyclic amines) is 1. The van der Waals surface area contributed by atoms with Crippen LogP contribution in [0, 0.1) is 5.41 Å². The van der Waals surface area contributed by atoms with E-state index in [9.17, 15) is 4.79 Å². The monoisotopic (exact) mass is 391 g/mol. The maximum absolute atomic E-state index is 12.8. The van der Waals surface area contributed by atoms with Crippen molar-refractivity contribution in [2.24, 2.45) is 11.1 Å². The van der Waals surface area contributed by atoms with Crippen LogP contribution in [0.4, 0.5) is 0 Å². The molecule has 0 radical (unpaired) electrons. The Kier molecular flexibility index (Phi) is 5.32. The van der Waals surface area contributed by atoms with Crippen LogP contribution in [-0.2, 0) is 21.6 Å². The summed E-state index contributed by atoms with van der Waals surface area (Å²) in [6, 6.07) is 8.00. The van der Waals surface area contributed by atoms with Gasteiger partial charge in [0.1, 0.15) is 5.60 Å². The summed E-state index contributed by atoms with van der Waals surface area (Å²) < 4.78 is 6.32. The molecule has 0 bridgehead atoms. The molecule has 3 N–H and O–H groups in total. The van der Waals surface area contributed by atoms with Gasteiger partial charge in [-0.2, -0.15) is 0 Å². The molecule has 4 rings (SSSR count). The predicted octanol–water partition coefficient (Wildman–Crippen LogP) is 3.35. The van der Waals surface area contributed by atoms with E-state index in [-0.39, 0.29) is 29.3 Å². The molecular weight excluding hydrogens is 362 g/mol. The number of carbonyl (C=O) groups is 1. The third-order valence-electron chi connectivity index (χ3n) is 6.08. The van der Waals surface area contributed by atoms with E-state index in [0.717, 1.165) is 25.9 Å². The Morgan fingerprint density at radius 2 is 1.93 bits per heavy atom. The molecule has 1 atom stereocenters. The maximum Gasteiger partial charge on any atom is 0.240 e. The largest absolute Gasteiger partial charge is 0.368 e. The molecule has 1 amide bonds. The first kappa shape index (κ1) is 20.2. The van der Waals surface area contributed by atoms with Gasteiger partial charge in [-0.25, -0.2) is 0 Å². The number of hydrogen-bond donors (Lipinski definition) is 2. The van der Waals surface area contributed by atoms with Crippen molar-refractivity contribution in [3.63, 3.8) is 0 Å². The molecule has 6 heteroatoms. The van der Waals surface area contributed by atoms with E-state index in [1.807, 2.05) is 25.7 Å². The lowest BCUT2D eigenvalue weighted by Gasteiger charge is -2.44. The number of para-hydroxylation sites is 1. The average Bonchev–Trinajstić information content (AvgIpc) is 3.01. The van der Waals surface area contributed by atoms with Crippen molar-refractivity contribution in [1.82, 2.24) is 9.88 Å². The second kappa shape index (κ2) is 7.12. The van der Waals surface area contributed by atoms with Crippen molar-refractivity contribution in [1.29, 1.82) is 0 Å². The number of piperidine rings is 1. The van der Waals surface area contributed by atoms with Gasteiger partial charge in [-0.3, -0.25) is 4.79 Å². The third-order valence-corrected chi connectivity index (χ3v) is 6.08. The fraction of sp³-hybridized carbons (Fsp3) is 0.571. The van der Waals surface area contributed by atoms with E-state index >= 15 is 0 Å². The average molecular weight is 392 g/mol. The zero-order chi connectivity index (χ0) is 18.5. The summed E-state index contributed by atoms with van der Waals surface area (Å²) >= 11 is 0. The number of rotatable bonds is 1. The van der Waals surface area contributed by atoms with Gasteiger partial charge in [0.15, 0.2) is 0 Å². The molecule has 27 heavy (non-hydrogen) atoms. The molecule has 1 spiro atoms. The number of amides is 1. The number of H-pyrrole nitrogens is 1. The van der Waals surface area contributed by atoms with Crippen LogP contribution in [0.2, 0.25) is 0 Å². The number of hydrogen-bond acceptors (Lipinski definition) is 3. The Morgan fingerprint density at radius 3 is 2.59 bits per heavy atom. The first-order valence-electron chi connectivity index (χ1n) is 9.60. The Bertz CT molecular complexity index is 832. The van der Waals surface area contributed by atoms with Crippen LogP contribution in [0.5, 0.6) is 0 Å². The Labute approximate surface area is 167 Å². The van der Waals surface area contributed by atoms with Gasteiger partial charge in [-0.15, -0.1) is 12.4 Å². The quantitative estimate of drug-likeness (QED) is 0.783. The molecule has 1 aromatic heterocycles. The maximum atomic E-state index is 12.8. The highest BCUT2D eigenvalue weighted by Gasteiger charge is 2.44. The lowest BCUT2D eigenvalue weighted by Crippen LogP contribution is -2.55. The van der Waals surface area contributed by atoms with Gasteiger partial charge >= 0.3 is 0 Å². The number of halogens is 1. The van der Waals surface area contributed by atoms with E-state index in [1.165, 1.54) is 22.2 Å². The first-order valence-corrected chi connectivity index (χ1v) is 9.60. The molecule has 2 aromatic rings. The van der Waals surface area contributed by atoms with E-state index in [0.29, 0.717) is 13.1 Å². The summed E-state index contributed by atoms with van der Waals surface area (Å²) in [5.74, 6) is 0.0556. The third kappa shape index (κ3) is 3.37. The van der Waals surface area contributed by atoms with E-state index in [4.69, 9.17) is 10.5 Å². The molecule has 0 unspecified atom stereocenters. The normalized spacial score (nSPS) is 20.2. The molecule has 2 aliphatic heterocycles. The molecule has 1 fully saturated rings. The van der Waals surface area contributed by atoms with Crippen molar-refractivity contribution in [3.05, 3.63) is 35.5 Å². The summed E-state index contributed by atoms with van der Waals surface area (Å²) in [7, 11) is 0. The van der Waals surface area contributed by atoms with Crippen LogP contribution in [0.1, 0.15) is 44.9 Å². The van der Waals surface area contributed by atoms with Crippen molar-refractivity contribution >= 4 is 29.2 Å². The van der Waals surface area contributed by atoms with Crippen molar-refractivity contribution in [2.75, 3.05) is 19.7 Å². The highest BCUT2D eigenvalue weighted by molar-refractivity contribution is 5.86. The van der Waals surface area contributed by atoms with Crippen molar-refractivity contribution in [2.45, 2.75) is 51.7 Å². The van der Waals surface area contributed by atoms with Crippen LogP contribution in [-0.4, -0.2) is 41.5 Å². The highest BCUT2D eigenvalue weighted by atomic mass is 35.5. The van der Waals surface area contributed by atoms with Crippen LogP contribution >= 0.6 is 12.4 Å². The minimum Gasteiger partial charge on any atom is -0.368 e. The summed E-state index contributed by atoms with van der Waals surface area (Å²) in [5, 5.41) is 1.30. The van der Waals surface area contributed by atoms with Crippen LogP contribution in [0.3, 0.4) is 0 Å². The number of benzene rings is 1. The topological polar surface area (TPSA) is 71.3 Å². The summed E-state index contributed by atoms with van der Waals surface area (Å²) in [6.45, 7) is 8.17. The SMILES string of the molecule is CC(C)(C)[C@H](N)C(=O)N1CCC2(CC1)OCCc1c2[nH]c2ccccc12.Cl. The van der Waals surface area contributed by atoms with E-state index < -0.39 is 6.04 Å². The fourth-order valence-corrected chi connectivity index (χ4v) is 4.32. The Balaban J connectivity index is 0.00000210. The number of aromatic nitrogens is 1. The fourth-order valence-electron chi connectivity index (χ4n) is 4.32. The van der Waals surface area contributed by atoms with Crippen LogP contribution in [0.15, 0.2) is 24.3 Å². The predicted molar refractivity (Wildman–Crippen MR) is 110 cm³/mol. The van der Waals surface area contributed by atoms with Gasteiger partial charge in [0.25, 0.3) is 0 Å². The Morgan fingerprint density at radius 1 is 1.26 bits per heavy atom. The zero-order valence-electron chi connectivity index (χ0n) is 16.4. The number of fused-ring (bicyclic) bond motifs is 4.